The van der Waals surface area contributed by atoms with Gasteiger partial charge in [0.25, 0.3) is 5.91 Å². The second-order valence-corrected chi connectivity index (χ2v) is 5.37. The Hall–Kier alpha value is -2.36. The Morgan fingerprint density at radius 1 is 1.29 bits per heavy atom. The molecule has 1 aromatic heterocycles. The average molecular weight is 281 g/mol. The Kier molecular flexibility index (Phi) is 3.60. The molecule has 0 unspecified atom stereocenters. The summed E-state index contributed by atoms with van der Waals surface area (Å²) in [6.07, 6.45) is 3.68. The first kappa shape index (κ1) is 13.6. The Morgan fingerprint density at radius 2 is 2.14 bits per heavy atom. The fraction of sp³-hybridized carbons (Fsp3) is 0.294. The number of nitrogens with one attached hydrogen (secondary N) is 1. The van der Waals surface area contributed by atoms with Crippen molar-refractivity contribution in [3.8, 4) is 0 Å². The van der Waals surface area contributed by atoms with Crippen molar-refractivity contribution in [2.45, 2.75) is 19.8 Å². The maximum Gasteiger partial charge on any atom is 0.259 e. The average Bonchev–Trinajstić information content (AvgIpc) is 2.53. The highest BCUT2D eigenvalue weighted by Crippen LogP contribution is 2.29. The van der Waals surface area contributed by atoms with E-state index in [2.05, 4.69) is 35.4 Å². The van der Waals surface area contributed by atoms with Crippen molar-refractivity contribution in [1.82, 2.24) is 4.98 Å². The number of hydrogen-bond donors (Lipinski definition) is 1. The molecule has 0 atom stereocenters. The standard InChI is InChI=1S/C17H19N3O/c1-12-5-7-15-13(10-12)4-3-9-20(15)17(21)14-6-8-16(18-2)19-11-14/h5-8,10-11H,3-4,9H2,1-2H3,(H,18,19). The summed E-state index contributed by atoms with van der Waals surface area (Å²) < 4.78 is 0. The van der Waals surface area contributed by atoms with Crippen molar-refractivity contribution in [3.63, 3.8) is 0 Å². The van der Waals surface area contributed by atoms with E-state index in [1.165, 1.54) is 11.1 Å². The predicted octanol–water partition coefficient (Wildman–Crippen LogP) is 3.02. The summed E-state index contributed by atoms with van der Waals surface area (Å²) in [4.78, 5) is 18.8. The number of hydrogen-bond acceptors (Lipinski definition) is 3. The second-order valence-electron chi connectivity index (χ2n) is 5.37. The minimum absolute atomic E-state index is 0.0231. The van der Waals surface area contributed by atoms with Crippen LogP contribution < -0.4 is 10.2 Å². The SMILES string of the molecule is CNc1ccc(C(=O)N2CCCc3cc(C)ccc32)cn1. The molecule has 2 aromatic rings. The normalized spacial score (nSPS) is 13.7. The van der Waals surface area contributed by atoms with Gasteiger partial charge in [-0.1, -0.05) is 17.7 Å². The van der Waals surface area contributed by atoms with Gasteiger partial charge in [-0.2, -0.15) is 0 Å². The Bertz CT molecular complexity index is 664. The maximum atomic E-state index is 12.7. The topological polar surface area (TPSA) is 45.2 Å². The quantitative estimate of drug-likeness (QED) is 0.920. The van der Waals surface area contributed by atoms with Gasteiger partial charge in [0.1, 0.15) is 5.82 Å². The van der Waals surface area contributed by atoms with Crippen molar-refractivity contribution in [1.29, 1.82) is 0 Å². The number of aromatic nitrogens is 1. The molecule has 2 heterocycles. The van der Waals surface area contributed by atoms with Crippen LogP contribution in [0.15, 0.2) is 36.5 Å². The van der Waals surface area contributed by atoms with E-state index in [-0.39, 0.29) is 5.91 Å². The second kappa shape index (κ2) is 5.56. The zero-order chi connectivity index (χ0) is 14.8. The van der Waals surface area contributed by atoms with E-state index in [1.807, 2.05) is 24.1 Å². The molecule has 4 nitrogen and oxygen atoms in total. The third kappa shape index (κ3) is 2.61. The summed E-state index contributed by atoms with van der Waals surface area (Å²) in [5.41, 5.74) is 4.16. The first-order valence-electron chi connectivity index (χ1n) is 7.24. The number of nitrogens with zero attached hydrogens (tertiary/aromatic N) is 2. The summed E-state index contributed by atoms with van der Waals surface area (Å²) in [5, 5.41) is 2.96. The first-order chi connectivity index (χ1) is 10.2. The number of benzene rings is 1. The molecule has 1 N–H and O–H groups in total. The number of pyridine rings is 1. The Labute approximate surface area is 124 Å². The molecule has 4 heteroatoms. The molecule has 21 heavy (non-hydrogen) atoms. The fourth-order valence-corrected chi connectivity index (χ4v) is 2.76. The maximum absolute atomic E-state index is 12.7. The smallest absolute Gasteiger partial charge is 0.259 e. The van der Waals surface area contributed by atoms with Crippen molar-refractivity contribution >= 4 is 17.4 Å². The molecule has 108 valence electrons. The largest absolute Gasteiger partial charge is 0.373 e. The van der Waals surface area contributed by atoms with E-state index in [1.54, 1.807) is 6.20 Å². The van der Waals surface area contributed by atoms with E-state index in [0.717, 1.165) is 30.9 Å². The highest BCUT2D eigenvalue weighted by atomic mass is 16.2. The number of carbonyl (C=O) groups excluding carboxylic acids is 1. The van der Waals surface area contributed by atoms with Crippen LogP contribution in [-0.4, -0.2) is 24.5 Å². The van der Waals surface area contributed by atoms with Gasteiger partial charge in [-0.15, -0.1) is 0 Å². The van der Waals surface area contributed by atoms with Gasteiger partial charge in [-0.05, 0) is 43.5 Å². The van der Waals surface area contributed by atoms with E-state index in [4.69, 9.17) is 0 Å². The van der Waals surface area contributed by atoms with E-state index < -0.39 is 0 Å². The van der Waals surface area contributed by atoms with Gasteiger partial charge in [-0.3, -0.25) is 4.79 Å². The number of carbonyl (C=O) groups is 1. The molecular formula is C17H19N3O. The van der Waals surface area contributed by atoms with Crippen LogP contribution in [0, 0.1) is 6.92 Å². The summed E-state index contributed by atoms with van der Waals surface area (Å²) in [5.74, 6) is 0.788. The zero-order valence-electron chi connectivity index (χ0n) is 12.4. The summed E-state index contributed by atoms with van der Waals surface area (Å²) in [6, 6.07) is 9.94. The molecule has 0 spiro atoms. The van der Waals surface area contributed by atoms with Gasteiger partial charge in [0, 0.05) is 25.5 Å². The Morgan fingerprint density at radius 3 is 2.86 bits per heavy atom. The van der Waals surface area contributed by atoms with Crippen LogP contribution in [0.2, 0.25) is 0 Å². The molecule has 3 rings (SSSR count). The van der Waals surface area contributed by atoms with Gasteiger partial charge in [0.15, 0.2) is 0 Å². The minimum atomic E-state index is 0.0231. The van der Waals surface area contributed by atoms with E-state index in [9.17, 15) is 4.79 Å². The van der Waals surface area contributed by atoms with Crippen LogP contribution in [0.25, 0.3) is 0 Å². The zero-order valence-corrected chi connectivity index (χ0v) is 12.4. The van der Waals surface area contributed by atoms with Crippen LogP contribution >= 0.6 is 0 Å². The van der Waals surface area contributed by atoms with Gasteiger partial charge < -0.3 is 10.2 Å². The number of aryl methyl sites for hydroxylation is 2. The first-order valence-corrected chi connectivity index (χ1v) is 7.24. The molecule has 0 radical (unpaired) electrons. The highest BCUT2D eigenvalue weighted by Gasteiger charge is 2.23. The van der Waals surface area contributed by atoms with Crippen LogP contribution in [-0.2, 0) is 6.42 Å². The molecular weight excluding hydrogens is 262 g/mol. The van der Waals surface area contributed by atoms with Gasteiger partial charge in [-0.25, -0.2) is 4.98 Å². The molecule has 0 saturated heterocycles. The van der Waals surface area contributed by atoms with Gasteiger partial charge >= 0.3 is 0 Å². The molecule has 1 aliphatic heterocycles. The number of rotatable bonds is 2. The van der Waals surface area contributed by atoms with Crippen LogP contribution in [0.4, 0.5) is 11.5 Å². The summed E-state index contributed by atoms with van der Waals surface area (Å²) in [7, 11) is 1.81. The lowest BCUT2D eigenvalue weighted by Crippen LogP contribution is -2.35. The number of anilines is 2. The van der Waals surface area contributed by atoms with Crippen molar-refractivity contribution < 1.29 is 4.79 Å². The number of amides is 1. The highest BCUT2D eigenvalue weighted by molar-refractivity contribution is 6.06. The van der Waals surface area contributed by atoms with Crippen LogP contribution in [0.1, 0.15) is 27.9 Å². The molecule has 1 amide bonds. The molecule has 1 aliphatic rings. The lowest BCUT2D eigenvalue weighted by Gasteiger charge is -2.29. The van der Waals surface area contributed by atoms with Crippen molar-refractivity contribution in [3.05, 3.63) is 53.2 Å². The van der Waals surface area contributed by atoms with Gasteiger partial charge in [0.05, 0.1) is 5.56 Å². The van der Waals surface area contributed by atoms with E-state index >= 15 is 0 Å². The van der Waals surface area contributed by atoms with E-state index in [0.29, 0.717) is 5.56 Å². The molecule has 0 saturated carbocycles. The third-order valence-corrected chi connectivity index (χ3v) is 3.87. The Balaban J connectivity index is 1.92. The van der Waals surface area contributed by atoms with Crippen LogP contribution in [0.3, 0.4) is 0 Å². The van der Waals surface area contributed by atoms with Gasteiger partial charge in [0.2, 0.25) is 0 Å². The lowest BCUT2D eigenvalue weighted by molar-refractivity contribution is 0.0985. The monoisotopic (exact) mass is 281 g/mol. The van der Waals surface area contributed by atoms with Crippen LogP contribution in [0.5, 0.6) is 0 Å². The van der Waals surface area contributed by atoms with Crippen molar-refractivity contribution in [2.75, 3.05) is 23.8 Å². The fourth-order valence-electron chi connectivity index (χ4n) is 2.76. The molecule has 0 aliphatic carbocycles. The summed E-state index contributed by atoms with van der Waals surface area (Å²) in [6.45, 7) is 2.85. The lowest BCUT2D eigenvalue weighted by atomic mass is 9.99. The predicted molar refractivity (Wildman–Crippen MR) is 85.0 cm³/mol. The van der Waals surface area contributed by atoms with Crippen molar-refractivity contribution in [2.24, 2.45) is 0 Å². The molecule has 0 fully saturated rings. The minimum Gasteiger partial charge on any atom is -0.373 e. The molecule has 1 aromatic carbocycles. The number of fused-ring (bicyclic) bond motifs is 1. The molecule has 0 bridgehead atoms. The third-order valence-electron chi connectivity index (χ3n) is 3.87. The summed E-state index contributed by atoms with van der Waals surface area (Å²) >= 11 is 0.